The zero-order chi connectivity index (χ0) is 21.8. The van der Waals surface area contributed by atoms with E-state index in [-0.39, 0.29) is 0 Å². The molecule has 0 atom stereocenters. The van der Waals surface area contributed by atoms with Crippen molar-refractivity contribution in [3.63, 3.8) is 0 Å². The molecule has 1 aromatic carbocycles. The van der Waals surface area contributed by atoms with Gasteiger partial charge in [0.2, 0.25) is 0 Å². The lowest BCUT2D eigenvalue weighted by Gasteiger charge is -2.26. The summed E-state index contributed by atoms with van der Waals surface area (Å²) in [6.45, 7) is 8.85. The quantitative estimate of drug-likeness (QED) is 0.561. The molecule has 3 aromatic rings. The molecule has 31 heavy (non-hydrogen) atoms. The van der Waals surface area contributed by atoms with E-state index in [1.165, 1.54) is 0 Å². The Morgan fingerprint density at radius 3 is 2.71 bits per heavy atom. The van der Waals surface area contributed by atoms with Gasteiger partial charge in [-0.15, -0.1) is 0 Å². The first-order chi connectivity index (χ1) is 15.1. The van der Waals surface area contributed by atoms with Gasteiger partial charge in [0.05, 0.1) is 42.3 Å². The van der Waals surface area contributed by atoms with Crippen molar-refractivity contribution < 1.29 is 14.3 Å². The molecule has 1 fully saturated rings. The van der Waals surface area contributed by atoms with Crippen molar-refractivity contribution in [2.45, 2.75) is 13.8 Å². The van der Waals surface area contributed by atoms with Gasteiger partial charge in [-0.25, -0.2) is 14.5 Å². The molecule has 8 nitrogen and oxygen atoms in total. The van der Waals surface area contributed by atoms with Crippen LogP contribution in [0, 0.1) is 6.92 Å². The van der Waals surface area contributed by atoms with Gasteiger partial charge in [-0.3, -0.25) is 4.90 Å². The number of aromatic nitrogens is 3. The third-order valence-electron chi connectivity index (χ3n) is 5.27. The normalized spacial score (nSPS) is 14.7. The molecule has 4 rings (SSSR count). The van der Waals surface area contributed by atoms with Crippen LogP contribution < -0.4 is 5.32 Å². The molecule has 1 aliphatic heterocycles. The molecular formula is C22H26ClN5O3. The summed E-state index contributed by atoms with van der Waals surface area (Å²) in [5, 5.41) is 9.61. The summed E-state index contributed by atoms with van der Waals surface area (Å²) in [6.07, 6.45) is 1.56. The highest BCUT2D eigenvalue weighted by Gasteiger charge is 2.22. The molecule has 0 spiro atoms. The fraction of sp³-hybridized carbons (Fsp3) is 0.409. The fourth-order valence-electron chi connectivity index (χ4n) is 3.73. The number of ether oxygens (including phenoxy) is 2. The van der Waals surface area contributed by atoms with Gasteiger partial charge in [-0.05, 0) is 38.1 Å². The standard InChI is InChI=1S/C22H26ClN5O3/c1-3-31-22(29)18-14-25-21-19(20(18)24-8-9-27-10-12-30-13-11-27)15(2)26-28(21)17-6-4-16(23)5-7-17/h4-7,14H,3,8-13H2,1-2H3,(H,24,25). The number of carbonyl (C=O) groups excluding carboxylic acids is 1. The first-order valence-electron chi connectivity index (χ1n) is 10.4. The monoisotopic (exact) mass is 443 g/mol. The second kappa shape index (κ2) is 9.64. The summed E-state index contributed by atoms with van der Waals surface area (Å²) in [5.74, 6) is -0.399. The predicted molar refractivity (Wildman–Crippen MR) is 120 cm³/mol. The minimum atomic E-state index is -0.399. The third-order valence-corrected chi connectivity index (χ3v) is 5.52. The van der Waals surface area contributed by atoms with E-state index in [1.807, 2.05) is 31.2 Å². The van der Waals surface area contributed by atoms with E-state index in [2.05, 4.69) is 20.3 Å². The van der Waals surface area contributed by atoms with Gasteiger partial charge in [-0.2, -0.15) is 5.10 Å². The lowest BCUT2D eigenvalue weighted by atomic mass is 10.1. The van der Waals surface area contributed by atoms with Crippen LogP contribution in [0.1, 0.15) is 23.0 Å². The predicted octanol–water partition coefficient (Wildman–Crippen LogP) is 3.30. The number of aryl methyl sites for hydroxylation is 1. The zero-order valence-corrected chi connectivity index (χ0v) is 18.5. The largest absolute Gasteiger partial charge is 0.462 e. The maximum Gasteiger partial charge on any atom is 0.341 e. The van der Waals surface area contributed by atoms with Crippen LogP contribution in [0.2, 0.25) is 5.02 Å². The lowest BCUT2D eigenvalue weighted by molar-refractivity contribution is 0.0398. The number of anilines is 1. The minimum absolute atomic E-state index is 0.299. The molecule has 164 valence electrons. The summed E-state index contributed by atoms with van der Waals surface area (Å²) < 4.78 is 12.5. The average Bonchev–Trinajstić information content (AvgIpc) is 3.12. The van der Waals surface area contributed by atoms with Gasteiger partial charge in [0.25, 0.3) is 0 Å². The Labute approximate surface area is 186 Å². The Balaban J connectivity index is 1.71. The second-order valence-electron chi connectivity index (χ2n) is 7.32. The lowest BCUT2D eigenvalue weighted by Crippen LogP contribution is -2.39. The molecule has 0 radical (unpaired) electrons. The fourth-order valence-corrected chi connectivity index (χ4v) is 3.85. The number of hydrogen-bond acceptors (Lipinski definition) is 7. The second-order valence-corrected chi connectivity index (χ2v) is 7.76. The Bertz CT molecular complexity index is 1060. The van der Waals surface area contributed by atoms with Crippen LogP contribution in [0.4, 0.5) is 5.69 Å². The van der Waals surface area contributed by atoms with Gasteiger partial charge in [0, 0.05) is 37.4 Å². The van der Waals surface area contributed by atoms with Crippen molar-refractivity contribution in [3.05, 3.63) is 46.7 Å². The highest BCUT2D eigenvalue weighted by Crippen LogP contribution is 2.31. The molecule has 0 saturated carbocycles. The summed E-state index contributed by atoms with van der Waals surface area (Å²) in [7, 11) is 0. The molecule has 1 saturated heterocycles. The molecule has 1 N–H and O–H groups in total. The van der Waals surface area contributed by atoms with Gasteiger partial charge in [-0.1, -0.05) is 11.6 Å². The molecule has 0 amide bonds. The Hall–Kier alpha value is -2.68. The van der Waals surface area contributed by atoms with Crippen LogP contribution >= 0.6 is 11.6 Å². The molecule has 3 heterocycles. The first-order valence-corrected chi connectivity index (χ1v) is 10.8. The number of esters is 1. The van der Waals surface area contributed by atoms with Crippen LogP contribution in [0.5, 0.6) is 0 Å². The first kappa shape index (κ1) is 21.5. The minimum Gasteiger partial charge on any atom is -0.462 e. The number of rotatable bonds is 7. The molecule has 9 heteroatoms. The SMILES string of the molecule is CCOC(=O)c1cnc2c(c(C)nn2-c2ccc(Cl)cc2)c1NCCN1CCOCC1. The van der Waals surface area contributed by atoms with Gasteiger partial charge >= 0.3 is 5.97 Å². The topological polar surface area (TPSA) is 81.5 Å². The number of pyridine rings is 1. The zero-order valence-electron chi connectivity index (χ0n) is 17.7. The van der Waals surface area contributed by atoms with Gasteiger partial charge < -0.3 is 14.8 Å². The number of benzene rings is 1. The van der Waals surface area contributed by atoms with Crippen molar-refractivity contribution in [2.24, 2.45) is 0 Å². The van der Waals surface area contributed by atoms with Crippen molar-refractivity contribution in [1.82, 2.24) is 19.7 Å². The number of halogens is 1. The Morgan fingerprint density at radius 2 is 2.00 bits per heavy atom. The van der Waals surface area contributed by atoms with Crippen molar-refractivity contribution in [3.8, 4) is 5.69 Å². The number of nitrogens with one attached hydrogen (secondary N) is 1. The van der Waals surface area contributed by atoms with Crippen molar-refractivity contribution in [2.75, 3.05) is 51.3 Å². The maximum atomic E-state index is 12.6. The van der Waals surface area contributed by atoms with E-state index >= 15 is 0 Å². The number of carbonyl (C=O) groups is 1. The summed E-state index contributed by atoms with van der Waals surface area (Å²) in [6, 6.07) is 7.41. The van der Waals surface area contributed by atoms with Crippen LogP contribution in [-0.4, -0.2) is 71.6 Å². The number of morpholine rings is 1. The maximum absolute atomic E-state index is 12.6. The Morgan fingerprint density at radius 1 is 1.26 bits per heavy atom. The third kappa shape index (κ3) is 4.66. The Kier molecular flexibility index (Phi) is 6.70. The van der Waals surface area contributed by atoms with Gasteiger partial charge in [0.15, 0.2) is 5.65 Å². The molecule has 2 aromatic heterocycles. The van der Waals surface area contributed by atoms with E-state index in [0.29, 0.717) is 35.1 Å². The highest BCUT2D eigenvalue weighted by atomic mass is 35.5. The number of nitrogens with zero attached hydrogens (tertiary/aromatic N) is 4. The van der Waals surface area contributed by atoms with Crippen LogP contribution in [-0.2, 0) is 9.47 Å². The van der Waals surface area contributed by atoms with E-state index in [0.717, 1.165) is 49.6 Å². The smallest absolute Gasteiger partial charge is 0.341 e. The summed E-state index contributed by atoms with van der Waals surface area (Å²) in [5.41, 5.74) is 3.40. The van der Waals surface area contributed by atoms with E-state index < -0.39 is 5.97 Å². The number of hydrogen-bond donors (Lipinski definition) is 1. The summed E-state index contributed by atoms with van der Waals surface area (Å²) >= 11 is 6.04. The van der Waals surface area contributed by atoms with Crippen LogP contribution in [0.25, 0.3) is 16.7 Å². The van der Waals surface area contributed by atoms with E-state index in [4.69, 9.17) is 21.1 Å². The number of fused-ring (bicyclic) bond motifs is 1. The molecule has 1 aliphatic rings. The van der Waals surface area contributed by atoms with Crippen molar-refractivity contribution >= 4 is 34.3 Å². The summed E-state index contributed by atoms with van der Waals surface area (Å²) in [4.78, 5) is 19.5. The average molecular weight is 444 g/mol. The highest BCUT2D eigenvalue weighted by molar-refractivity contribution is 6.30. The van der Waals surface area contributed by atoms with Crippen LogP contribution in [0.3, 0.4) is 0 Å². The molecule has 0 unspecified atom stereocenters. The molecular weight excluding hydrogens is 418 g/mol. The van der Waals surface area contributed by atoms with Crippen LogP contribution in [0.15, 0.2) is 30.5 Å². The van der Waals surface area contributed by atoms with E-state index in [1.54, 1.807) is 17.8 Å². The van der Waals surface area contributed by atoms with Gasteiger partial charge in [0.1, 0.15) is 5.56 Å². The van der Waals surface area contributed by atoms with E-state index in [9.17, 15) is 4.79 Å². The molecule has 0 bridgehead atoms. The molecule has 0 aliphatic carbocycles. The van der Waals surface area contributed by atoms with Crippen molar-refractivity contribution in [1.29, 1.82) is 0 Å².